The van der Waals surface area contributed by atoms with Gasteiger partial charge >= 0.3 is 0 Å². The van der Waals surface area contributed by atoms with Crippen molar-refractivity contribution < 1.29 is 8.83 Å². The Labute approximate surface area is 325 Å². The Hall–Kier alpha value is -7.83. The normalized spacial score (nSPS) is 11.9. The van der Waals surface area contributed by atoms with Crippen molar-refractivity contribution in [2.45, 2.75) is 0 Å². The van der Waals surface area contributed by atoms with Crippen molar-refractivity contribution in [1.29, 1.82) is 0 Å². The van der Waals surface area contributed by atoms with Crippen LogP contribution < -0.4 is 0 Å². The van der Waals surface area contributed by atoms with E-state index in [-0.39, 0.29) is 0 Å². The SMILES string of the molecule is c1ccc(-c2ccc3oc4c(-n5c6ccccc6c6cc(-c7nc(-c8ccccc8)nc(-c8ccc9c(c8)oc8ccccc89)n7)ccc65)cccc4c3c2)cc1. The van der Waals surface area contributed by atoms with Gasteiger partial charge in [-0.05, 0) is 71.8 Å². The summed E-state index contributed by atoms with van der Waals surface area (Å²) in [5, 5.41) is 6.53. The molecule has 0 amide bonds. The minimum Gasteiger partial charge on any atom is -0.456 e. The predicted octanol–water partition coefficient (Wildman–Crippen LogP) is 13.4. The molecule has 0 atom stereocenters. The van der Waals surface area contributed by atoms with Crippen molar-refractivity contribution in [1.82, 2.24) is 19.5 Å². The van der Waals surface area contributed by atoms with Gasteiger partial charge in [0.15, 0.2) is 23.1 Å². The van der Waals surface area contributed by atoms with Gasteiger partial charge < -0.3 is 13.4 Å². The molecular formula is C51H30N4O2. The van der Waals surface area contributed by atoms with Gasteiger partial charge in [0.1, 0.15) is 16.7 Å². The molecule has 0 fully saturated rings. The van der Waals surface area contributed by atoms with E-state index in [1.54, 1.807) is 0 Å². The lowest BCUT2D eigenvalue weighted by Gasteiger charge is -2.10. The van der Waals surface area contributed by atoms with Gasteiger partial charge in [-0.15, -0.1) is 0 Å². The maximum atomic E-state index is 6.69. The second-order valence-electron chi connectivity index (χ2n) is 14.4. The van der Waals surface area contributed by atoms with Crippen molar-refractivity contribution in [3.63, 3.8) is 0 Å². The van der Waals surface area contributed by atoms with E-state index >= 15 is 0 Å². The molecule has 266 valence electrons. The van der Waals surface area contributed by atoms with Crippen LogP contribution in [0.3, 0.4) is 0 Å². The molecule has 0 bridgehead atoms. The summed E-state index contributed by atoms with van der Waals surface area (Å²) in [6.07, 6.45) is 0. The molecule has 12 aromatic rings. The predicted molar refractivity (Wildman–Crippen MR) is 230 cm³/mol. The summed E-state index contributed by atoms with van der Waals surface area (Å²) < 4.78 is 15.3. The Balaban J connectivity index is 1.03. The molecule has 0 aliphatic carbocycles. The highest BCUT2D eigenvalue weighted by atomic mass is 16.3. The largest absolute Gasteiger partial charge is 0.456 e. The minimum atomic E-state index is 0.579. The number of aromatic nitrogens is 4. The third kappa shape index (κ3) is 5.01. The summed E-state index contributed by atoms with van der Waals surface area (Å²) in [6.45, 7) is 0. The van der Waals surface area contributed by atoms with Gasteiger partial charge in [-0.1, -0.05) is 121 Å². The van der Waals surface area contributed by atoms with Gasteiger partial charge in [0.25, 0.3) is 0 Å². The van der Waals surface area contributed by atoms with E-state index in [4.69, 9.17) is 23.8 Å². The van der Waals surface area contributed by atoms with Gasteiger partial charge in [0.05, 0.1) is 16.7 Å². The number of hydrogen-bond donors (Lipinski definition) is 0. The lowest BCUT2D eigenvalue weighted by atomic mass is 10.0. The second-order valence-corrected chi connectivity index (χ2v) is 14.4. The van der Waals surface area contributed by atoms with Crippen molar-refractivity contribution in [2.24, 2.45) is 0 Å². The number of para-hydroxylation sites is 3. The number of hydrogen-bond acceptors (Lipinski definition) is 5. The zero-order valence-electron chi connectivity index (χ0n) is 30.4. The molecule has 0 radical (unpaired) electrons. The van der Waals surface area contributed by atoms with Gasteiger partial charge in [0, 0.05) is 49.0 Å². The maximum absolute atomic E-state index is 6.69. The molecule has 0 saturated carbocycles. The third-order valence-corrected chi connectivity index (χ3v) is 11.1. The first-order chi connectivity index (χ1) is 28.2. The van der Waals surface area contributed by atoms with Crippen LogP contribution in [0, 0.1) is 0 Å². The van der Waals surface area contributed by atoms with E-state index in [2.05, 4.69) is 126 Å². The van der Waals surface area contributed by atoms with E-state index in [9.17, 15) is 0 Å². The first-order valence-electron chi connectivity index (χ1n) is 19.0. The van der Waals surface area contributed by atoms with Crippen LogP contribution in [0.15, 0.2) is 191 Å². The molecule has 8 aromatic carbocycles. The summed E-state index contributed by atoms with van der Waals surface area (Å²) in [6, 6.07) is 62.7. The van der Waals surface area contributed by atoms with Gasteiger partial charge in [-0.2, -0.15) is 0 Å². The average Bonchev–Trinajstić information content (AvgIpc) is 3.95. The molecule has 0 aliphatic heterocycles. The van der Waals surface area contributed by atoms with Crippen LogP contribution in [0.5, 0.6) is 0 Å². The van der Waals surface area contributed by atoms with E-state index in [0.717, 1.165) is 93.6 Å². The van der Waals surface area contributed by atoms with Gasteiger partial charge in [-0.3, -0.25) is 0 Å². The average molecular weight is 731 g/mol. The fraction of sp³-hybridized carbons (Fsp3) is 0. The third-order valence-electron chi connectivity index (χ3n) is 11.1. The van der Waals surface area contributed by atoms with E-state index in [1.165, 1.54) is 5.56 Å². The van der Waals surface area contributed by atoms with Crippen molar-refractivity contribution >= 4 is 65.7 Å². The quantitative estimate of drug-likeness (QED) is 0.176. The molecule has 0 N–H and O–H groups in total. The van der Waals surface area contributed by atoms with Crippen molar-refractivity contribution in [2.75, 3.05) is 0 Å². The van der Waals surface area contributed by atoms with Crippen LogP contribution in [0.25, 0.3) is 117 Å². The van der Waals surface area contributed by atoms with Crippen LogP contribution in [0.4, 0.5) is 0 Å². The van der Waals surface area contributed by atoms with Crippen LogP contribution in [-0.4, -0.2) is 19.5 Å². The number of rotatable bonds is 5. The van der Waals surface area contributed by atoms with Crippen molar-refractivity contribution in [3.8, 4) is 51.0 Å². The number of furan rings is 2. The van der Waals surface area contributed by atoms with Crippen LogP contribution in [0.2, 0.25) is 0 Å². The fourth-order valence-corrected chi connectivity index (χ4v) is 8.36. The summed E-state index contributed by atoms with van der Waals surface area (Å²) in [4.78, 5) is 15.2. The first kappa shape index (κ1) is 31.5. The topological polar surface area (TPSA) is 69.9 Å². The monoisotopic (exact) mass is 730 g/mol. The molecule has 0 spiro atoms. The smallest absolute Gasteiger partial charge is 0.164 e. The molecule has 57 heavy (non-hydrogen) atoms. The molecule has 6 heteroatoms. The summed E-state index contributed by atoms with van der Waals surface area (Å²) in [5.74, 6) is 1.78. The first-order valence-corrected chi connectivity index (χ1v) is 19.0. The Bertz CT molecular complexity index is 3530. The van der Waals surface area contributed by atoms with Crippen LogP contribution in [-0.2, 0) is 0 Å². The zero-order valence-corrected chi connectivity index (χ0v) is 30.4. The number of nitrogens with zero attached hydrogens (tertiary/aromatic N) is 4. The summed E-state index contributed by atoms with van der Waals surface area (Å²) >= 11 is 0. The van der Waals surface area contributed by atoms with Crippen LogP contribution >= 0.6 is 0 Å². The molecule has 0 aliphatic rings. The lowest BCUT2D eigenvalue weighted by Crippen LogP contribution is -2.00. The maximum Gasteiger partial charge on any atom is 0.164 e. The van der Waals surface area contributed by atoms with Gasteiger partial charge in [-0.25, -0.2) is 15.0 Å². The summed E-state index contributed by atoms with van der Waals surface area (Å²) in [5.41, 5.74) is 11.5. The van der Waals surface area contributed by atoms with E-state index < -0.39 is 0 Å². The highest BCUT2D eigenvalue weighted by Gasteiger charge is 2.20. The standard InChI is InChI=1S/C51H30N4O2/c1-3-12-31(13-4-1)33-24-27-46-41(28-33)39-18-11-20-44(48(39)57-46)55-42-19-9-7-16-36(42)40-29-34(23-26-43(40)55)50-52-49(32-14-5-2-6-15-32)53-51(54-50)35-22-25-38-37-17-8-10-21-45(37)56-47(38)30-35/h1-30H. The second kappa shape index (κ2) is 12.3. The molecule has 12 rings (SSSR count). The molecule has 0 unspecified atom stereocenters. The Morgan fingerprint density at radius 1 is 0.316 bits per heavy atom. The number of benzene rings is 8. The Morgan fingerprint density at radius 3 is 1.72 bits per heavy atom. The van der Waals surface area contributed by atoms with Crippen molar-refractivity contribution in [3.05, 3.63) is 182 Å². The lowest BCUT2D eigenvalue weighted by molar-refractivity contribution is 0.666. The van der Waals surface area contributed by atoms with E-state index in [0.29, 0.717) is 17.5 Å². The molecule has 6 nitrogen and oxygen atoms in total. The zero-order chi connectivity index (χ0) is 37.5. The fourth-order valence-electron chi connectivity index (χ4n) is 8.36. The molecular weight excluding hydrogens is 701 g/mol. The highest BCUT2D eigenvalue weighted by Crippen LogP contribution is 2.40. The molecule has 4 heterocycles. The highest BCUT2D eigenvalue weighted by molar-refractivity contribution is 6.14. The number of fused-ring (bicyclic) bond motifs is 9. The van der Waals surface area contributed by atoms with E-state index in [1.807, 2.05) is 60.7 Å². The molecule has 4 aromatic heterocycles. The van der Waals surface area contributed by atoms with Crippen LogP contribution in [0.1, 0.15) is 0 Å². The Kier molecular flexibility index (Phi) is 6.83. The Morgan fingerprint density at radius 2 is 0.895 bits per heavy atom. The van der Waals surface area contributed by atoms with Gasteiger partial charge in [0.2, 0.25) is 0 Å². The minimum absolute atomic E-state index is 0.579. The molecule has 0 saturated heterocycles. The summed E-state index contributed by atoms with van der Waals surface area (Å²) in [7, 11) is 0.